The predicted molar refractivity (Wildman–Crippen MR) is 128 cm³/mol. The quantitative estimate of drug-likeness (QED) is 0.431. The van der Waals surface area contributed by atoms with E-state index in [2.05, 4.69) is 16.4 Å². The van der Waals surface area contributed by atoms with E-state index in [1.54, 1.807) is 24.5 Å². The van der Waals surface area contributed by atoms with Gasteiger partial charge in [-0.25, -0.2) is 4.98 Å². The highest BCUT2D eigenvalue weighted by molar-refractivity contribution is 5.87. The van der Waals surface area contributed by atoms with Crippen molar-refractivity contribution in [2.24, 2.45) is 5.73 Å². The first-order valence-electron chi connectivity index (χ1n) is 10.6. The van der Waals surface area contributed by atoms with Crippen LogP contribution in [0.4, 0.5) is 5.82 Å². The van der Waals surface area contributed by atoms with Crippen molar-refractivity contribution >= 4 is 11.7 Å². The number of hydrogen-bond acceptors (Lipinski definition) is 5. The Morgan fingerprint density at radius 1 is 1.00 bits per heavy atom. The molecule has 0 bridgehead atoms. The predicted octanol–water partition coefficient (Wildman–Crippen LogP) is 4.29. The van der Waals surface area contributed by atoms with Gasteiger partial charge in [0.25, 0.3) is 0 Å². The summed E-state index contributed by atoms with van der Waals surface area (Å²) < 4.78 is 0. The normalized spacial score (nSPS) is 11.4. The van der Waals surface area contributed by atoms with Crippen LogP contribution in [0.2, 0.25) is 0 Å². The molecule has 0 fully saturated rings. The van der Waals surface area contributed by atoms with E-state index in [0.717, 1.165) is 16.8 Å². The van der Waals surface area contributed by atoms with Crippen molar-refractivity contribution in [2.75, 3.05) is 11.9 Å². The summed E-state index contributed by atoms with van der Waals surface area (Å²) >= 11 is 0. The number of benzene rings is 2. The largest absolute Gasteiger partial charge is 0.369 e. The van der Waals surface area contributed by atoms with Crippen molar-refractivity contribution in [3.05, 3.63) is 114 Å². The van der Waals surface area contributed by atoms with Crippen molar-refractivity contribution in [1.82, 2.24) is 9.97 Å². The van der Waals surface area contributed by atoms with Gasteiger partial charge in [0.05, 0.1) is 23.2 Å². The van der Waals surface area contributed by atoms with Crippen LogP contribution in [0.3, 0.4) is 0 Å². The average molecular weight is 434 g/mol. The summed E-state index contributed by atoms with van der Waals surface area (Å²) in [5.74, 6) is -0.585. The van der Waals surface area contributed by atoms with Crippen molar-refractivity contribution in [3.63, 3.8) is 0 Å². The van der Waals surface area contributed by atoms with Crippen LogP contribution in [0.15, 0.2) is 91.3 Å². The number of carbonyl (C=O) groups is 1. The zero-order valence-corrected chi connectivity index (χ0v) is 18.0. The number of pyridine rings is 2. The summed E-state index contributed by atoms with van der Waals surface area (Å²) in [5, 5.41) is 12.7. The van der Waals surface area contributed by atoms with E-state index in [-0.39, 0.29) is 0 Å². The van der Waals surface area contributed by atoms with Crippen LogP contribution in [0.25, 0.3) is 11.3 Å². The number of hydrogen-bond donors (Lipinski definition) is 2. The van der Waals surface area contributed by atoms with E-state index in [0.29, 0.717) is 35.5 Å². The fourth-order valence-corrected chi connectivity index (χ4v) is 3.82. The molecule has 0 saturated heterocycles. The van der Waals surface area contributed by atoms with Crippen LogP contribution >= 0.6 is 0 Å². The molecule has 6 nitrogen and oxygen atoms in total. The van der Waals surface area contributed by atoms with Gasteiger partial charge in [0.2, 0.25) is 5.91 Å². The van der Waals surface area contributed by atoms with E-state index >= 15 is 0 Å². The summed E-state index contributed by atoms with van der Waals surface area (Å²) in [4.78, 5) is 21.5. The molecule has 2 heterocycles. The molecule has 0 spiro atoms. The molecule has 0 aliphatic rings. The minimum atomic E-state index is -0.690. The zero-order valence-electron chi connectivity index (χ0n) is 18.0. The van der Waals surface area contributed by atoms with Gasteiger partial charge in [-0.15, -0.1) is 0 Å². The van der Waals surface area contributed by atoms with Crippen LogP contribution in [0.1, 0.15) is 28.2 Å². The third-order valence-electron chi connectivity index (χ3n) is 5.43. The molecule has 6 heteroatoms. The number of nitrogens with two attached hydrogens (primary N) is 1. The van der Waals surface area contributed by atoms with E-state index in [9.17, 15) is 10.1 Å². The van der Waals surface area contributed by atoms with Gasteiger partial charge in [-0.1, -0.05) is 60.7 Å². The Morgan fingerprint density at radius 3 is 2.52 bits per heavy atom. The first kappa shape index (κ1) is 21.7. The van der Waals surface area contributed by atoms with Crippen LogP contribution in [0, 0.1) is 11.3 Å². The lowest BCUT2D eigenvalue weighted by Crippen LogP contribution is -2.24. The van der Waals surface area contributed by atoms with E-state index in [1.165, 1.54) is 0 Å². The maximum absolute atomic E-state index is 12.5. The average Bonchev–Trinajstić information content (AvgIpc) is 2.86. The standard InChI is InChI=1S/C27H23N5O/c28-17-21-10-5-4-7-19(21)14-16-31-27-23(25(26(29)33)22-11-6-15-30-18-22)12-13-24(32-27)20-8-2-1-3-9-20/h1-13,15,18,25H,14,16H2,(H2,29,33)(H,31,32). The van der Waals surface area contributed by atoms with E-state index in [4.69, 9.17) is 10.7 Å². The summed E-state index contributed by atoms with van der Waals surface area (Å²) in [7, 11) is 0. The molecular weight excluding hydrogens is 410 g/mol. The van der Waals surface area contributed by atoms with Crippen LogP contribution < -0.4 is 11.1 Å². The molecule has 0 aliphatic heterocycles. The molecule has 0 aliphatic carbocycles. The molecule has 162 valence electrons. The molecule has 0 radical (unpaired) electrons. The van der Waals surface area contributed by atoms with Gasteiger partial charge in [-0.3, -0.25) is 9.78 Å². The SMILES string of the molecule is N#Cc1ccccc1CCNc1nc(-c2ccccc2)ccc1C(C(N)=O)c1cccnc1. The first-order chi connectivity index (χ1) is 16.2. The van der Waals surface area contributed by atoms with E-state index in [1.807, 2.05) is 66.7 Å². The van der Waals surface area contributed by atoms with Gasteiger partial charge >= 0.3 is 0 Å². The van der Waals surface area contributed by atoms with Crippen LogP contribution in [-0.2, 0) is 11.2 Å². The number of rotatable bonds is 8. The number of amides is 1. The number of nitrogens with zero attached hydrogens (tertiary/aromatic N) is 3. The maximum atomic E-state index is 12.5. The lowest BCUT2D eigenvalue weighted by molar-refractivity contribution is -0.118. The molecule has 1 unspecified atom stereocenters. The molecule has 2 aromatic carbocycles. The molecule has 0 saturated carbocycles. The smallest absolute Gasteiger partial charge is 0.229 e. The Labute approximate surface area is 192 Å². The molecule has 4 rings (SSSR count). The topological polar surface area (TPSA) is 105 Å². The number of nitrogens with one attached hydrogen (secondary N) is 1. The number of carbonyl (C=O) groups excluding carboxylic acids is 1. The highest BCUT2D eigenvalue weighted by atomic mass is 16.1. The number of anilines is 1. The first-order valence-corrected chi connectivity index (χ1v) is 10.6. The van der Waals surface area contributed by atoms with E-state index < -0.39 is 11.8 Å². The molecule has 1 amide bonds. The van der Waals surface area contributed by atoms with Crippen molar-refractivity contribution < 1.29 is 4.79 Å². The van der Waals surface area contributed by atoms with Crippen molar-refractivity contribution in [1.29, 1.82) is 5.26 Å². The highest BCUT2D eigenvalue weighted by Gasteiger charge is 2.24. The Bertz CT molecular complexity index is 1280. The summed E-state index contributed by atoms with van der Waals surface area (Å²) in [6.45, 7) is 0.537. The van der Waals surface area contributed by atoms with Gasteiger partial charge < -0.3 is 11.1 Å². The second kappa shape index (κ2) is 10.2. The number of aromatic nitrogens is 2. The Kier molecular flexibility index (Phi) is 6.72. The van der Waals surface area contributed by atoms with Gasteiger partial charge in [0, 0.05) is 30.1 Å². The van der Waals surface area contributed by atoms with Gasteiger partial charge in [0.15, 0.2) is 0 Å². The molecule has 1 atom stereocenters. The van der Waals surface area contributed by atoms with Crippen LogP contribution in [0.5, 0.6) is 0 Å². The number of nitriles is 1. The van der Waals surface area contributed by atoms with Gasteiger partial charge in [-0.2, -0.15) is 5.26 Å². The van der Waals surface area contributed by atoms with Crippen molar-refractivity contribution in [3.8, 4) is 17.3 Å². The van der Waals surface area contributed by atoms with Crippen LogP contribution in [-0.4, -0.2) is 22.4 Å². The lowest BCUT2D eigenvalue weighted by Gasteiger charge is -2.19. The second-order valence-corrected chi connectivity index (χ2v) is 7.57. The Morgan fingerprint density at radius 2 is 1.79 bits per heavy atom. The lowest BCUT2D eigenvalue weighted by atomic mass is 9.91. The summed E-state index contributed by atoms with van der Waals surface area (Å²) in [6, 6.07) is 27.0. The third-order valence-corrected chi connectivity index (χ3v) is 5.43. The fraction of sp³-hybridized carbons (Fsp3) is 0.111. The zero-order chi connectivity index (χ0) is 23.0. The minimum Gasteiger partial charge on any atom is -0.369 e. The number of primary amides is 1. The third kappa shape index (κ3) is 5.05. The molecule has 33 heavy (non-hydrogen) atoms. The van der Waals surface area contributed by atoms with Crippen molar-refractivity contribution in [2.45, 2.75) is 12.3 Å². The maximum Gasteiger partial charge on any atom is 0.229 e. The van der Waals surface area contributed by atoms with Gasteiger partial charge in [-0.05, 0) is 35.7 Å². The Balaban J connectivity index is 1.70. The highest BCUT2D eigenvalue weighted by Crippen LogP contribution is 2.31. The molecule has 2 aromatic heterocycles. The molecule has 3 N–H and O–H groups in total. The monoisotopic (exact) mass is 433 g/mol. The molecule has 4 aromatic rings. The Hall–Kier alpha value is -4.50. The van der Waals surface area contributed by atoms with Gasteiger partial charge in [0.1, 0.15) is 5.82 Å². The second-order valence-electron chi connectivity index (χ2n) is 7.57. The minimum absolute atomic E-state index is 0.477. The molecular formula is C27H23N5O. The summed E-state index contributed by atoms with van der Waals surface area (Å²) in [6.07, 6.45) is 3.94. The fourth-order valence-electron chi connectivity index (χ4n) is 3.82. The summed E-state index contributed by atoms with van der Waals surface area (Å²) in [5.41, 5.74) is 10.6.